The first kappa shape index (κ1) is 20.2. The van der Waals surface area contributed by atoms with E-state index in [2.05, 4.69) is 10.3 Å². The molecule has 0 saturated carbocycles. The summed E-state index contributed by atoms with van der Waals surface area (Å²) in [5.41, 5.74) is 0.537. The Labute approximate surface area is 168 Å². The fourth-order valence-electron chi connectivity index (χ4n) is 2.50. The molecule has 0 aliphatic rings. The van der Waals surface area contributed by atoms with Crippen LogP contribution in [-0.2, 0) is 11.0 Å². The smallest absolute Gasteiger partial charge is 0.416 e. The van der Waals surface area contributed by atoms with E-state index in [1.807, 2.05) is 0 Å². The van der Waals surface area contributed by atoms with Crippen LogP contribution in [0.5, 0.6) is 5.75 Å². The Morgan fingerprint density at radius 2 is 1.79 bits per heavy atom. The van der Waals surface area contributed by atoms with E-state index in [4.69, 9.17) is 27.9 Å². The lowest BCUT2D eigenvalue weighted by Crippen LogP contribution is -2.20. The lowest BCUT2D eigenvalue weighted by atomic mass is 10.2. The number of fused-ring (bicyclic) bond motifs is 1. The zero-order valence-electron chi connectivity index (χ0n) is 14.4. The number of rotatable bonds is 4. The molecule has 0 bridgehead atoms. The van der Waals surface area contributed by atoms with Gasteiger partial charge in [0.1, 0.15) is 5.52 Å². The highest BCUT2D eigenvalue weighted by Gasteiger charge is 2.30. The van der Waals surface area contributed by atoms with E-state index in [1.54, 1.807) is 19.1 Å². The van der Waals surface area contributed by atoms with Gasteiger partial charge < -0.3 is 10.1 Å². The second-order valence-electron chi connectivity index (χ2n) is 5.93. The molecule has 9 heteroatoms. The van der Waals surface area contributed by atoms with Gasteiger partial charge in [0.05, 0.1) is 15.6 Å². The van der Waals surface area contributed by atoms with Gasteiger partial charge in [-0.2, -0.15) is 13.2 Å². The van der Waals surface area contributed by atoms with Crippen LogP contribution in [0.2, 0.25) is 10.0 Å². The minimum atomic E-state index is -4.44. The predicted molar refractivity (Wildman–Crippen MR) is 102 cm³/mol. The van der Waals surface area contributed by atoms with Gasteiger partial charge in [0.2, 0.25) is 0 Å². The number of anilines is 1. The molecule has 1 N–H and O–H groups in total. The monoisotopic (exact) mass is 428 g/mol. The normalized spacial score (nSPS) is 11.5. The van der Waals surface area contributed by atoms with Crippen LogP contribution in [0, 0.1) is 6.92 Å². The molecule has 0 saturated heterocycles. The van der Waals surface area contributed by atoms with Gasteiger partial charge in [-0.25, -0.2) is 4.98 Å². The fraction of sp³-hybridized carbons (Fsp3) is 0.158. The Morgan fingerprint density at radius 1 is 1.11 bits per heavy atom. The number of hydrogen-bond donors (Lipinski definition) is 1. The minimum Gasteiger partial charge on any atom is -0.480 e. The van der Waals surface area contributed by atoms with Crippen LogP contribution >= 0.6 is 23.2 Å². The van der Waals surface area contributed by atoms with Crippen molar-refractivity contribution in [3.05, 3.63) is 63.8 Å². The first-order valence-corrected chi connectivity index (χ1v) is 8.76. The van der Waals surface area contributed by atoms with Gasteiger partial charge in [-0.1, -0.05) is 23.2 Å². The standard InChI is InChI=1S/C19H13Cl2F3N2O2/c1-10-2-7-13-14(20)8-15(21)18(17(13)25-10)28-9-16(27)26-12-5-3-11(4-6-12)19(22,23)24/h2-8H,9H2,1H3,(H,26,27). The average molecular weight is 429 g/mol. The largest absolute Gasteiger partial charge is 0.480 e. The number of halogens is 5. The van der Waals surface area contributed by atoms with E-state index < -0.39 is 24.3 Å². The third kappa shape index (κ3) is 4.48. The molecule has 0 spiro atoms. The molecule has 0 aliphatic carbocycles. The Bertz CT molecular complexity index is 1040. The number of alkyl halides is 3. The summed E-state index contributed by atoms with van der Waals surface area (Å²) in [5.74, 6) is -0.362. The SMILES string of the molecule is Cc1ccc2c(Cl)cc(Cl)c(OCC(=O)Nc3ccc(C(F)(F)F)cc3)c2n1. The van der Waals surface area contributed by atoms with Crippen molar-refractivity contribution in [2.24, 2.45) is 0 Å². The van der Waals surface area contributed by atoms with E-state index in [0.717, 1.165) is 24.3 Å². The third-order valence-corrected chi connectivity index (χ3v) is 4.41. The number of ether oxygens (including phenoxy) is 1. The number of nitrogens with zero attached hydrogens (tertiary/aromatic N) is 1. The molecular weight excluding hydrogens is 416 g/mol. The lowest BCUT2D eigenvalue weighted by molar-refractivity contribution is -0.137. The number of amides is 1. The molecule has 1 aromatic heterocycles. The Balaban J connectivity index is 1.74. The van der Waals surface area contributed by atoms with Gasteiger partial charge in [0, 0.05) is 16.8 Å². The van der Waals surface area contributed by atoms with Gasteiger partial charge in [-0.3, -0.25) is 4.79 Å². The van der Waals surface area contributed by atoms with Crippen LogP contribution in [0.15, 0.2) is 42.5 Å². The van der Waals surface area contributed by atoms with Gasteiger partial charge >= 0.3 is 6.18 Å². The van der Waals surface area contributed by atoms with Crippen molar-refractivity contribution in [2.75, 3.05) is 11.9 Å². The summed E-state index contributed by atoms with van der Waals surface area (Å²) in [4.78, 5) is 16.5. The van der Waals surface area contributed by atoms with Gasteiger partial charge in [-0.05, 0) is 49.4 Å². The van der Waals surface area contributed by atoms with E-state index >= 15 is 0 Å². The quantitative estimate of drug-likeness (QED) is 0.563. The minimum absolute atomic E-state index is 0.193. The zero-order chi connectivity index (χ0) is 20.5. The van der Waals surface area contributed by atoms with E-state index in [0.29, 0.717) is 21.6 Å². The van der Waals surface area contributed by atoms with Crippen molar-refractivity contribution in [3.63, 3.8) is 0 Å². The second kappa shape index (κ2) is 7.85. The molecule has 28 heavy (non-hydrogen) atoms. The molecule has 2 aromatic carbocycles. The van der Waals surface area contributed by atoms with Gasteiger partial charge in [0.15, 0.2) is 12.4 Å². The predicted octanol–water partition coefficient (Wildman–Crippen LogP) is 5.89. The summed E-state index contributed by atoms with van der Waals surface area (Å²) in [7, 11) is 0. The Kier molecular flexibility index (Phi) is 5.67. The third-order valence-electron chi connectivity index (χ3n) is 3.82. The first-order chi connectivity index (χ1) is 13.1. The van der Waals surface area contributed by atoms with Crippen LogP contribution in [0.3, 0.4) is 0 Å². The number of carbonyl (C=O) groups excluding carboxylic acids is 1. The van der Waals surface area contributed by atoms with Crippen molar-refractivity contribution < 1.29 is 22.7 Å². The van der Waals surface area contributed by atoms with Gasteiger partial charge in [-0.15, -0.1) is 0 Å². The van der Waals surface area contributed by atoms with E-state index in [-0.39, 0.29) is 16.5 Å². The number of benzene rings is 2. The van der Waals surface area contributed by atoms with Crippen molar-refractivity contribution in [3.8, 4) is 5.75 Å². The highest BCUT2D eigenvalue weighted by atomic mass is 35.5. The Morgan fingerprint density at radius 3 is 2.43 bits per heavy atom. The van der Waals surface area contributed by atoms with E-state index in [9.17, 15) is 18.0 Å². The highest BCUT2D eigenvalue weighted by Crippen LogP contribution is 2.37. The van der Waals surface area contributed by atoms with Crippen molar-refractivity contribution in [2.45, 2.75) is 13.1 Å². The molecule has 3 rings (SSSR count). The summed E-state index contributed by atoms with van der Waals surface area (Å²) in [6, 6.07) is 9.13. The molecule has 0 aliphatic heterocycles. The molecule has 0 fully saturated rings. The van der Waals surface area contributed by atoms with Crippen LogP contribution in [0.1, 0.15) is 11.3 Å². The highest BCUT2D eigenvalue weighted by molar-refractivity contribution is 6.39. The summed E-state index contributed by atoms with van der Waals surface area (Å²) in [5, 5.41) is 3.67. The topological polar surface area (TPSA) is 51.2 Å². The number of hydrogen-bond acceptors (Lipinski definition) is 3. The van der Waals surface area contributed by atoms with Gasteiger partial charge in [0.25, 0.3) is 5.91 Å². The summed E-state index contributed by atoms with van der Waals surface area (Å²) in [6.07, 6.45) is -4.44. The molecule has 0 unspecified atom stereocenters. The van der Waals surface area contributed by atoms with Crippen LogP contribution in [0.4, 0.5) is 18.9 Å². The molecule has 0 atom stereocenters. The number of nitrogens with one attached hydrogen (secondary N) is 1. The molecule has 146 valence electrons. The molecule has 1 amide bonds. The molecular formula is C19H13Cl2F3N2O2. The lowest BCUT2D eigenvalue weighted by Gasteiger charge is -2.13. The van der Waals surface area contributed by atoms with E-state index in [1.165, 1.54) is 6.07 Å². The number of pyridine rings is 1. The number of carbonyl (C=O) groups is 1. The molecule has 3 aromatic rings. The van der Waals surface area contributed by atoms with Crippen LogP contribution in [0.25, 0.3) is 10.9 Å². The summed E-state index contributed by atoms with van der Waals surface area (Å²) < 4.78 is 43.3. The maximum Gasteiger partial charge on any atom is 0.416 e. The maximum atomic E-state index is 12.6. The average Bonchev–Trinajstić information content (AvgIpc) is 2.61. The van der Waals surface area contributed by atoms with Crippen LogP contribution in [-0.4, -0.2) is 17.5 Å². The van der Waals surface area contributed by atoms with Crippen molar-refractivity contribution >= 4 is 45.7 Å². The number of aryl methyl sites for hydroxylation is 1. The summed E-state index contributed by atoms with van der Waals surface area (Å²) in [6.45, 7) is 1.38. The van der Waals surface area contributed by atoms with Crippen LogP contribution < -0.4 is 10.1 Å². The Hall–Kier alpha value is -2.51. The number of aromatic nitrogens is 1. The molecule has 1 heterocycles. The second-order valence-corrected chi connectivity index (χ2v) is 6.74. The maximum absolute atomic E-state index is 12.6. The fourth-order valence-corrected chi connectivity index (χ4v) is 3.08. The molecule has 4 nitrogen and oxygen atoms in total. The zero-order valence-corrected chi connectivity index (χ0v) is 15.9. The first-order valence-electron chi connectivity index (χ1n) is 8.00. The molecule has 0 radical (unpaired) electrons. The van der Waals surface area contributed by atoms with Crippen molar-refractivity contribution in [1.29, 1.82) is 0 Å². The van der Waals surface area contributed by atoms with Crippen molar-refractivity contribution in [1.82, 2.24) is 4.98 Å². The summed E-state index contributed by atoms with van der Waals surface area (Å²) >= 11 is 12.3.